The summed E-state index contributed by atoms with van der Waals surface area (Å²) < 4.78 is 3.56. The van der Waals surface area contributed by atoms with Gasteiger partial charge in [0.2, 0.25) is 0 Å². The van der Waals surface area contributed by atoms with Crippen molar-refractivity contribution in [3.8, 4) is 0 Å². The Hall–Kier alpha value is 1.03. The molecule has 1 aromatic heterocycles. The van der Waals surface area contributed by atoms with Gasteiger partial charge in [-0.25, -0.2) is 4.79 Å². The molecule has 1 aromatic rings. The maximum atomic E-state index is 10.1. The minimum atomic E-state index is -0.987. The first-order valence-electron chi connectivity index (χ1n) is 2.05. The zero-order chi connectivity index (χ0) is 6.85. The van der Waals surface area contributed by atoms with Gasteiger partial charge in [0.15, 0.2) is 0 Å². The summed E-state index contributed by atoms with van der Waals surface area (Å²) in [7, 11) is 0. The molecule has 0 aliphatic heterocycles. The summed E-state index contributed by atoms with van der Waals surface area (Å²) in [5, 5.41) is 8.54. The van der Waals surface area contributed by atoms with Gasteiger partial charge in [0, 0.05) is 6.07 Å². The van der Waals surface area contributed by atoms with E-state index in [9.17, 15) is 4.79 Å². The fourth-order valence-electron chi connectivity index (χ4n) is 0.354. The van der Waals surface area contributed by atoms with Crippen molar-refractivity contribution in [3.63, 3.8) is 0 Å². The van der Waals surface area contributed by atoms with Crippen molar-refractivity contribution in [3.05, 3.63) is 16.1 Å². The Morgan fingerprint density at radius 1 is 1.80 bits per heavy atom. The van der Waals surface area contributed by atoms with Crippen LogP contribution in [0.25, 0.3) is 0 Å². The van der Waals surface area contributed by atoms with Crippen LogP contribution in [0.15, 0.2) is 6.07 Å². The zero-order valence-corrected chi connectivity index (χ0v) is 5.74. The molecule has 0 saturated carbocycles. The first-order chi connectivity index (χ1) is 4.20. The van der Waals surface area contributed by atoms with Crippen LogP contribution in [0.2, 0.25) is 5.15 Å². The number of aromatic nitrogens is 1. The van der Waals surface area contributed by atoms with E-state index in [-0.39, 0.29) is 61.4 Å². The molecule has 0 radical (unpaired) electrons. The molecule has 0 aliphatic carbocycles. The molecule has 10 heavy (non-hydrogen) atoms. The molecule has 3 nitrogen and oxygen atoms in total. The maximum absolute atomic E-state index is 10.1. The summed E-state index contributed by atoms with van der Waals surface area (Å²) in [5.74, 6) is -0.987. The van der Waals surface area contributed by atoms with Crippen LogP contribution in [0, 0.1) is 0 Å². The van der Waals surface area contributed by atoms with Crippen LogP contribution < -0.4 is 0 Å². The Morgan fingerprint density at radius 2 is 2.40 bits per heavy atom. The number of rotatable bonds is 1. The van der Waals surface area contributed by atoms with E-state index in [1.54, 1.807) is 0 Å². The summed E-state index contributed by atoms with van der Waals surface area (Å²) in [6.07, 6.45) is 0. The van der Waals surface area contributed by atoms with Crippen LogP contribution in [0.4, 0.5) is 0 Å². The summed E-state index contributed by atoms with van der Waals surface area (Å²) in [4.78, 5) is 10.3. The molecule has 0 atom stereocenters. The number of hydrogen-bond donors (Lipinski definition) is 1. The van der Waals surface area contributed by atoms with Gasteiger partial charge in [0.25, 0.3) is 0 Å². The van der Waals surface area contributed by atoms with Gasteiger partial charge in [-0.2, -0.15) is 4.37 Å². The van der Waals surface area contributed by atoms with Gasteiger partial charge < -0.3 is 5.11 Å². The third-order valence-corrected chi connectivity index (χ3v) is 1.76. The van der Waals surface area contributed by atoms with Crippen molar-refractivity contribution in [1.29, 1.82) is 0 Å². The van der Waals surface area contributed by atoms with Crippen molar-refractivity contribution in [2.45, 2.75) is 0 Å². The summed E-state index contributed by atoms with van der Waals surface area (Å²) in [6.45, 7) is 0. The predicted molar refractivity (Wildman–Crippen MR) is 41.2 cm³/mol. The summed E-state index contributed by atoms with van der Waals surface area (Å²) in [5.41, 5.74) is 0. The molecule has 0 amide bonds. The number of nitrogens with zero attached hydrogens (tertiary/aromatic N) is 1. The first-order valence-corrected chi connectivity index (χ1v) is 3.21. The molecule has 0 aromatic carbocycles. The second-order valence-electron chi connectivity index (χ2n) is 1.32. The topological polar surface area (TPSA) is 50.2 Å². The number of hydrogen-bond acceptors (Lipinski definition) is 3. The third kappa shape index (κ3) is 2.96. The van der Waals surface area contributed by atoms with E-state index in [2.05, 4.69) is 4.37 Å². The first kappa shape index (κ1) is 11.0. The molecular weight excluding hydrogens is 201 g/mol. The van der Waals surface area contributed by atoms with Crippen LogP contribution in [-0.4, -0.2) is 66.8 Å². The van der Waals surface area contributed by atoms with E-state index in [0.29, 0.717) is 0 Å². The van der Waals surface area contributed by atoms with Crippen LogP contribution in [0.1, 0.15) is 9.67 Å². The van der Waals surface area contributed by atoms with Gasteiger partial charge in [-0.05, 0) is 11.5 Å². The second-order valence-corrected chi connectivity index (χ2v) is 2.51. The van der Waals surface area contributed by atoms with Crippen molar-refractivity contribution in [2.24, 2.45) is 0 Å². The molecule has 0 spiro atoms. The van der Waals surface area contributed by atoms with E-state index < -0.39 is 5.97 Å². The number of aromatic carboxylic acids is 1. The standard InChI is InChI=1S/C4H2ClNO2S.K.H/c5-3-1-2(4(7)8)9-6-3;;/h1H,(H,7,8);;. The van der Waals surface area contributed by atoms with Crippen LogP contribution in [-0.2, 0) is 0 Å². The number of carboxylic acid groups (broad SMARTS) is 1. The van der Waals surface area contributed by atoms with E-state index in [4.69, 9.17) is 16.7 Å². The Kier molecular flexibility index (Phi) is 5.31. The average molecular weight is 204 g/mol. The van der Waals surface area contributed by atoms with E-state index in [1.807, 2.05) is 0 Å². The van der Waals surface area contributed by atoms with Crippen LogP contribution >= 0.6 is 23.1 Å². The Bertz CT molecular complexity index is 239. The second kappa shape index (κ2) is 4.81. The molecule has 6 heteroatoms. The number of halogens is 1. The number of carboxylic acids is 1. The van der Waals surface area contributed by atoms with Gasteiger partial charge in [0.1, 0.15) is 10.0 Å². The summed E-state index contributed by atoms with van der Waals surface area (Å²) in [6, 6.07) is 1.31. The normalized spacial score (nSPS) is 8.50. The predicted octanol–water partition coefficient (Wildman–Crippen LogP) is 0.846. The van der Waals surface area contributed by atoms with Crippen molar-refractivity contribution in [1.82, 2.24) is 4.37 Å². The fraction of sp³-hybridized carbons (Fsp3) is 0. The zero-order valence-electron chi connectivity index (χ0n) is 4.17. The summed E-state index contributed by atoms with van der Waals surface area (Å²) >= 11 is 6.22. The molecular formula is C4H3ClKNO2S. The van der Waals surface area contributed by atoms with Crippen molar-refractivity contribution < 1.29 is 9.90 Å². The quantitative estimate of drug-likeness (QED) is 0.689. The number of carbonyl (C=O) groups is 1. The van der Waals surface area contributed by atoms with Crippen LogP contribution in [0.3, 0.4) is 0 Å². The molecule has 50 valence electrons. The monoisotopic (exact) mass is 203 g/mol. The van der Waals surface area contributed by atoms with Gasteiger partial charge in [-0.15, -0.1) is 0 Å². The molecule has 1 rings (SSSR count). The van der Waals surface area contributed by atoms with Gasteiger partial charge in [-0.1, -0.05) is 11.6 Å². The average Bonchev–Trinajstić information content (AvgIpc) is 2.14. The fourth-order valence-corrected chi connectivity index (χ4v) is 1.11. The van der Waals surface area contributed by atoms with Crippen molar-refractivity contribution >= 4 is 80.5 Å². The van der Waals surface area contributed by atoms with Crippen molar-refractivity contribution in [2.75, 3.05) is 0 Å². The minimum absolute atomic E-state index is 0. The molecule has 0 aliphatic rings. The van der Waals surface area contributed by atoms with E-state index in [0.717, 1.165) is 11.5 Å². The Labute approximate surface area is 109 Å². The van der Waals surface area contributed by atoms with E-state index >= 15 is 0 Å². The van der Waals surface area contributed by atoms with Crippen LogP contribution in [0.5, 0.6) is 0 Å². The van der Waals surface area contributed by atoms with E-state index in [1.165, 1.54) is 6.07 Å². The Morgan fingerprint density at radius 3 is 2.60 bits per heavy atom. The van der Waals surface area contributed by atoms with Gasteiger partial charge in [-0.3, -0.25) is 0 Å². The van der Waals surface area contributed by atoms with Gasteiger partial charge >= 0.3 is 57.4 Å². The SMILES string of the molecule is O=C(O)c1cc(Cl)ns1.[KH]. The molecule has 0 unspecified atom stereocenters. The molecule has 0 fully saturated rings. The molecule has 0 saturated heterocycles. The Balaban J connectivity index is 0.000000810. The molecule has 1 heterocycles. The molecule has 0 bridgehead atoms. The van der Waals surface area contributed by atoms with Gasteiger partial charge in [0.05, 0.1) is 0 Å². The third-order valence-electron chi connectivity index (χ3n) is 0.692. The molecule has 1 N–H and O–H groups in total.